The molecule has 4 heteroatoms. The summed E-state index contributed by atoms with van der Waals surface area (Å²) in [5.74, 6) is -0.0758. The molecule has 17 heavy (non-hydrogen) atoms. The van der Waals surface area contributed by atoms with Crippen molar-refractivity contribution in [2.45, 2.75) is 24.7 Å². The Balaban J connectivity index is 2.69. The third kappa shape index (κ3) is 4.48. The topological polar surface area (TPSA) is 38.3 Å². The largest absolute Gasteiger partial charge is 0.382 e. The van der Waals surface area contributed by atoms with E-state index in [-0.39, 0.29) is 11.4 Å². The van der Waals surface area contributed by atoms with Crippen molar-refractivity contribution in [3.8, 4) is 0 Å². The average Bonchev–Trinajstić information content (AvgIpc) is 2.28. The summed E-state index contributed by atoms with van der Waals surface area (Å²) in [5, 5.41) is 3.73. The molecule has 0 aliphatic rings. The lowest BCUT2D eigenvalue weighted by molar-refractivity contribution is 0.0820. The van der Waals surface area contributed by atoms with E-state index >= 15 is 0 Å². The molecule has 0 fully saturated rings. The number of carbonyl (C=O) groups is 1. The molecule has 0 heterocycles. The van der Waals surface area contributed by atoms with Gasteiger partial charge in [0.05, 0.1) is 12.1 Å². The van der Waals surface area contributed by atoms with Crippen LogP contribution in [-0.4, -0.2) is 25.2 Å². The van der Waals surface area contributed by atoms with Crippen LogP contribution in [0, 0.1) is 0 Å². The molecule has 0 radical (unpaired) electrons. The van der Waals surface area contributed by atoms with Crippen molar-refractivity contribution >= 4 is 21.8 Å². The van der Waals surface area contributed by atoms with Crippen LogP contribution in [-0.2, 0) is 10.1 Å². The van der Waals surface area contributed by atoms with Crippen molar-refractivity contribution in [1.29, 1.82) is 0 Å². The van der Waals surface area contributed by atoms with Crippen LogP contribution >= 0.6 is 15.9 Å². The molecule has 0 bridgehead atoms. The maximum absolute atomic E-state index is 12.0. The average molecular weight is 300 g/mol. The molecule has 0 atom stereocenters. The van der Waals surface area contributed by atoms with Gasteiger partial charge in [0.2, 0.25) is 0 Å². The van der Waals surface area contributed by atoms with Crippen molar-refractivity contribution in [3.63, 3.8) is 0 Å². The molecule has 0 spiro atoms. The van der Waals surface area contributed by atoms with E-state index in [2.05, 4.69) is 21.2 Å². The lowest BCUT2D eigenvalue weighted by Crippen LogP contribution is -2.46. The van der Waals surface area contributed by atoms with Gasteiger partial charge >= 0.3 is 0 Å². The molecule has 3 nitrogen and oxygen atoms in total. The highest BCUT2D eigenvalue weighted by atomic mass is 79.9. The van der Waals surface area contributed by atoms with Gasteiger partial charge < -0.3 is 10.1 Å². The summed E-state index contributed by atoms with van der Waals surface area (Å²) in [4.78, 5) is 12.0. The monoisotopic (exact) mass is 299 g/mol. The van der Waals surface area contributed by atoms with Crippen molar-refractivity contribution in [2.24, 2.45) is 0 Å². The van der Waals surface area contributed by atoms with E-state index < -0.39 is 0 Å². The summed E-state index contributed by atoms with van der Waals surface area (Å²) in [7, 11) is 1.62. The lowest BCUT2D eigenvalue weighted by atomic mass is 10.1. The first-order valence-corrected chi connectivity index (χ1v) is 6.57. The predicted octanol–water partition coefficient (Wildman–Crippen LogP) is 2.74. The fourth-order valence-electron chi connectivity index (χ4n) is 1.52. The van der Waals surface area contributed by atoms with Crippen molar-refractivity contribution in [3.05, 3.63) is 35.4 Å². The third-order valence-electron chi connectivity index (χ3n) is 2.33. The molecule has 0 aliphatic carbocycles. The molecule has 0 saturated carbocycles. The van der Waals surface area contributed by atoms with Gasteiger partial charge in [0.1, 0.15) is 0 Å². The molecular weight excluding hydrogens is 282 g/mol. The number of benzene rings is 1. The normalized spacial score (nSPS) is 11.3. The van der Waals surface area contributed by atoms with Gasteiger partial charge in [-0.2, -0.15) is 0 Å². The van der Waals surface area contributed by atoms with Crippen molar-refractivity contribution < 1.29 is 9.53 Å². The SMILES string of the molecule is COCC(C)(C)NC(=O)c1ccc(CBr)cc1. The molecule has 0 saturated heterocycles. The Kier molecular flexibility index (Phi) is 5.15. The Morgan fingerprint density at radius 2 is 1.94 bits per heavy atom. The molecule has 0 aromatic heterocycles. The van der Waals surface area contributed by atoms with Gasteiger partial charge in [-0.1, -0.05) is 28.1 Å². The zero-order chi connectivity index (χ0) is 12.9. The van der Waals surface area contributed by atoms with Crippen molar-refractivity contribution in [2.75, 3.05) is 13.7 Å². The number of hydrogen-bond acceptors (Lipinski definition) is 2. The van der Waals surface area contributed by atoms with Crippen LogP contribution in [0.3, 0.4) is 0 Å². The second kappa shape index (κ2) is 6.17. The number of amides is 1. The summed E-state index contributed by atoms with van der Waals surface area (Å²) in [5.41, 5.74) is 1.46. The molecular formula is C13H18BrNO2. The Morgan fingerprint density at radius 3 is 2.41 bits per heavy atom. The van der Waals surface area contributed by atoms with Crippen LogP contribution < -0.4 is 5.32 Å². The Bertz CT molecular complexity index is 374. The Labute approximate surface area is 111 Å². The van der Waals surface area contributed by atoms with Gasteiger partial charge in [0.15, 0.2) is 0 Å². The standard InChI is InChI=1S/C13H18BrNO2/c1-13(2,9-17-3)15-12(16)11-6-4-10(8-14)5-7-11/h4-7H,8-9H2,1-3H3,(H,15,16). The van der Waals surface area contributed by atoms with Gasteiger partial charge in [0.25, 0.3) is 5.91 Å². The van der Waals surface area contributed by atoms with Gasteiger partial charge in [-0.15, -0.1) is 0 Å². The summed E-state index contributed by atoms with van der Waals surface area (Å²) < 4.78 is 5.06. The maximum Gasteiger partial charge on any atom is 0.251 e. The molecule has 1 amide bonds. The number of methoxy groups -OCH3 is 1. The molecule has 0 unspecified atom stereocenters. The molecule has 1 rings (SSSR count). The number of carbonyl (C=O) groups excluding carboxylic acids is 1. The third-order valence-corrected chi connectivity index (χ3v) is 2.98. The first-order valence-electron chi connectivity index (χ1n) is 5.45. The number of halogens is 1. The van der Waals surface area contributed by atoms with E-state index in [0.29, 0.717) is 12.2 Å². The van der Waals surface area contributed by atoms with Gasteiger partial charge in [-0.3, -0.25) is 4.79 Å². The molecule has 1 aromatic rings. The van der Waals surface area contributed by atoms with E-state index in [4.69, 9.17) is 4.74 Å². The highest BCUT2D eigenvalue weighted by Gasteiger charge is 2.20. The number of ether oxygens (including phenoxy) is 1. The Morgan fingerprint density at radius 1 is 1.35 bits per heavy atom. The van der Waals surface area contributed by atoms with E-state index in [9.17, 15) is 4.79 Å². The van der Waals surface area contributed by atoms with Crippen LogP contribution in [0.25, 0.3) is 0 Å². The fourth-order valence-corrected chi connectivity index (χ4v) is 1.90. The summed E-state index contributed by atoms with van der Waals surface area (Å²) in [6, 6.07) is 7.53. The van der Waals surface area contributed by atoms with Crippen LogP contribution in [0.1, 0.15) is 29.8 Å². The maximum atomic E-state index is 12.0. The summed E-state index contributed by atoms with van der Waals surface area (Å²) in [6.07, 6.45) is 0. The van der Waals surface area contributed by atoms with Crippen LogP contribution in [0.4, 0.5) is 0 Å². The summed E-state index contributed by atoms with van der Waals surface area (Å²) >= 11 is 3.37. The minimum Gasteiger partial charge on any atom is -0.382 e. The number of alkyl halides is 1. The second-order valence-electron chi connectivity index (χ2n) is 4.60. The highest BCUT2D eigenvalue weighted by Crippen LogP contribution is 2.10. The van der Waals surface area contributed by atoms with Gasteiger partial charge in [-0.05, 0) is 31.5 Å². The zero-order valence-corrected chi connectivity index (χ0v) is 12.0. The lowest BCUT2D eigenvalue weighted by Gasteiger charge is -2.25. The fraction of sp³-hybridized carbons (Fsp3) is 0.462. The van der Waals surface area contributed by atoms with Gasteiger partial charge in [-0.25, -0.2) is 0 Å². The number of rotatable bonds is 5. The summed E-state index contributed by atoms with van der Waals surface area (Å²) in [6.45, 7) is 4.35. The van der Waals surface area contributed by atoms with Crippen LogP contribution in [0.5, 0.6) is 0 Å². The van der Waals surface area contributed by atoms with Crippen LogP contribution in [0.15, 0.2) is 24.3 Å². The number of hydrogen-bond donors (Lipinski definition) is 1. The van der Waals surface area contributed by atoms with E-state index in [1.807, 2.05) is 38.1 Å². The van der Waals surface area contributed by atoms with E-state index in [1.165, 1.54) is 0 Å². The van der Waals surface area contributed by atoms with Crippen LogP contribution in [0.2, 0.25) is 0 Å². The molecule has 0 aliphatic heterocycles. The quantitative estimate of drug-likeness (QED) is 0.849. The van der Waals surface area contributed by atoms with Gasteiger partial charge in [0, 0.05) is 18.0 Å². The predicted molar refractivity (Wildman–Crippen MR) is 72.5 cm³/mol. The second-order valence-corrected chi connectivity index (χ2v) is 5.16. The van der Waals surface area contributed by atoms with E-state index in [1.54, 1.807) is 7.11 Å². The molecule has 94 valence electrons. The first-order chi connectivity index (χ1) is 7.98. The van der Waals surface area contributed by atoms with E-state index in [0.717, 1.165) is 10.9 Å². The highest BCUT2D eigenvalue weighted by molar-refractivity contribution is 9.08. The molecule has 1 aromatic carbocycles. The minimum atomic E-state index is -0.361. The molecule has 1 N–H and O–H groups in total. The van der Waals surface area contributed by atoms with Crippen molar-refractivity contribution in [1.82, 2.24) is 5.32 Å². The zero-order valence-electron chi connectivity index (χ0n) is 10.4. The Hall–Kier alpha value is -0.870. The number of nitrogens with one attached hydrogen (secondary N) is 1. The first kappa shape index (κ1) is 14.2. The smallest absolute Gasteiger partial charge is 0.251 e. The minimum absolute atomic E-state index is 0.0758.